The smallest absolute Gasteiger partial charge is 0.327 e. The van der Waals surface area contributed by atoms with E-state index in [1.807, 2.05) is 25.1 Å². The highest BCUT2D eigenvalue weighted by atomic mass is 19.3. The van der Waals surface area contributed by atoms with Crippen LogP contribution in [0, 0.1) is 5.92 Å². The van der Waals surface area contributed by atoms with Crippen molar-refractivity contribution in [3.63, 3.8) is 0 Å². The van der Waals surface area contributed by atoms with Crippen LogP contribution in [0.15, 0.2) is 42.5 Å². The fourth-order valence-electron chi connectivity index (χ4n) is 4.05. The zero-order valence-electron chi connectivity index (χ0n) is 18.8. The predicted molar refractivity (Wildman–Crippen MR) is 119 cm³/mol. The van der Waals surface area contributed by atoms with Crippen molar-refractivity contribution in [2.24, 2.45) is 5.92 Å². The Labute approximate surface area is 189 Å². The summed E-state index contributed by atoms with van der Waals surface area (Å²) in [5.41, 5.74) is 1.25. The maximum atomic E-state index is 14.0. The molecule has 0 aliphatic carbocycles. The quantitative estimate of drug-likeness (QED) is 0.314. The molecule has 0 spiro atoms. The molecule has 1 saturated heterocycles. The summed E-state index contributed by atoms with van der Waals surface area (Å²) in [7, 11) is 0. The molecule has 2 rings (SSSR count). The number of aryl methyl sites for hydroxylation is 1. The van der Waals surface area contributed by atoms with E-state index >= 15 is 0 Å². The van der Waals surface area contributed by atoms with Crippen LogP contribution in [-0.2, 0) is 16.0 Å². The number of rotatable bonds is 14. The molecule has 0 aromatic heterocycles. The number of amides is 1. The highest BCUT2D eigenvalue weighted by Crippen LogP contribution is 2.34. The van der Waals surface area contributed by atoms with E-state index in [0.717, 1.165) is 19.3 Å². The van der Waals surface area contributed by atoms with E-state index in [1.165, 1.54) is 10.5 Å². The molecule has 1 aliphatic rings. The Morgan fingerprint density at radius 2 is 1.88 bits per heavy atom. The first-order valence-corrected chi connectivity index (χ1v) is 11.5. The Kier molecular flexibility index (Phi) is 10.3. The number of aliphatic carboxylic acids is 1. The highest BCUT2D eigenvalue weighted by Gasteiger charge is 2.52. The molecule has 2 N–H and O–H groups in total. The van der Waals surface area contributed by atoms with Crippen LogP contribution in [0.1, 0.15) is 63.9 Å². The fraction of sp³-hybridized carbons (Fsp3) is 0.600. The lowest BCUT2D eigenvalue weighted by molar-refractivity contribution is -0.148. The summed E-state index contributed by atoms with van der Waals surface area (Å²) in [6.45, 7) is 2.14. The van der Waals surface area contributed by atoms with E-state index < -0.39 is 36.4 Å². The second-order valence-corrected chi connectivity index (χ2v) is 8.76. The minimum absolute atomic E-state index is 0.0183. The average Bonchev–Trinajstić information content (AvgIpc) is 2.97. The number of hydrogen-bond donors (Lipinski definition) is 2. The Morgan fingerprint density at radius 3 is 2.56 bits per heavy atom. The lowest BCUT2D eigenvalue weighted by atomic mass is 9.95. The van der Waals surface area contributed by atoms with Crippen molar-refractivity contribution in [3.8, 4) is 0 Å². The van der Waals surface area contributed by atoms with Crippen molar-refractivity contribution in [2.45, 2.75) is 82.8 Å². The molecule has 7 heteroatoms. The number of unbranched alkanes of at least 4 members (excludes halogenated alkanes) is 3. The molecule has 1 aliphatic heterocycles. The molecule has 178 valence electrons. The molecule has 0 saturated carbocycles. The molecule has 3 atom stereocenters. The van der Waals surface area contributed by atoms with Gasteiger partial charge in [0.1, 0.15) is 0 Å². The van der Waals surface area contributed by atoms with E-state index in [-0.39, 0.29) is 18.9 Å². The van der Waals surface area contributed by atoms with Crippen LogP contribution in [0.3, 0.4) is 0 Å². The molecule has 1 heterocycles. The number of carbonyl (C=O) groups is 2. The number of carbonyl (C=O) groups excluding carboxylic acids is 1. The third-order valence-corrected chi connectivity index (χ3v) is 6.06. The van der Waals surface area contributed by atoms with Crippen LogP contribution < -0.4 is 0 Å². The second kappa shape index (κ2) is 12.7. The zero-order chi connectivity index (χ0) is 23.6. The van der Waals surface area contributed by atoms with Gasteiger partial charge in [0.05, 0.1) is 12.1 Å². The van der Waals surface area contributed by atoms with Gasteiger partial charge < -0.3 is 15.1 Å². The molecule has 1 aromatic carbocycles. The number of alkyl halides is 2. The van der Waals surface area contributed by atoms with Gasteiger partial charge in [-0.25, -0.2) is 0 Å². The number of aliphatic hydroxyl groups excluding tert-OH is 1. The number of aliphatic hydroxyl groups is 1. The van der Waals surface area contributed by atoms with Gasteiger partial charge in [-0.1, -0.05) is 62.2 Å². The van der Waals surface area contributed by atoms with E-state index in [4.69, 9.17) is 5.11 Å². The molecule has 0 bridgehead atoms. The van der Waals surface area contributed by atoms with Crippen LogP contribution >= 0.6 is 0 Å². The second-order valence-electron chi connectivity index (χ2n) is 8.76. The molecule has 0 radical (unpaired) electrons. The minimum atomic E-state index is -3.38. The summed E-state index contributed by atoms with van der Waals surface area (Å²) >= 11 is 0. The summed E-state index contributed by atoms with van der Waals surface area (Å²) in [5.74, 6) is -5.42. The van der Waals surface area contributed by atoms with Crippen molar-refractivity contribution >= 4 is 11.9 Å². The third kappa shape index (κ3) is 8.34. The molecule has 5 nitrogen and oxygen atoms in total. The SMILES string of the molecule is C[C@@H](CCCc1ccccc1)[C@@H](O)C=C[C@H]1CC(F)(F)C(=O)N1CCCCCCC(=O)O. The van der Waals surface area contributed by atoms with E-state index in [2.05, 4.69) is 12.1 Å². The van der Waals surface area contributed by atoms with E-state index in [1.54, 1.807) is 12.2 Å². The monoisotopic (exact) mass is 451 g/mol. The number of benzene rings is 1. The molecule has 1 amide bonds. The van der Waals surface area contributed by atoms with Gasteiger partial charge in [0, 0.05) is 19.4 Å². The van der Waals surface area contributed by atoms with E-state index in [0.29, 0.717) is 25.7 Å². The van der Waals surface area contributed by atoms with Gasteiger partial charge in [-0.05, 0) is 43.6 Å². The maximum absolute atomic E-state index is 14.0. The first-order chi connectivity index (χ1) is 15.2. The largest absolute Gasteiger partial charge is 0.481 e. The molecule has 32 heavy (non-hydrogen) atoms. The third-order valence-electron chi connectivity index (χ3n) is 6.06. The van der Waals surface area contributed by atoms with Gasteiger partial charge in [-0.2, -0.15) is 8.78 Å². The topological polar surface area (TPSA) is 77.8 Å². The number of likely N-dealkylation sites (tertiary alicyclic amines) is 1. The van der Waals surface area contributed by atoms with Gasteiger partial charge in [0.15, 0.2) is 0 Å². The van der Waals surface area contributed by atoms with Gasteiger partial charge in [0.2, 0.25) is 0 Å². The first kappa shape index (κ1) is 26.0. The molecular weight excluding hydrogens is 416 g/mol. The van der Waals surface area contributed by atoms with Gasteiger partial charge in [-0.3, -0.25) is 9.59 Å². The van der Waals surface area contributed by atoms with Crippen LogP contribution in [0.4, 0.5) is 8.78 Å². The molecule has 1 fully saturated rings. The van der Waals surface area contributed by atoms with Gasteiger partial charge in [-0.15, -0.1) is 0 Å². The lowest BCUT2D eigenvalue weighted by Crippen LogP contribution is -2.36. The van der Waals surface area contributed by atoms with Crippen molar-refractivity contribution in [1.82, 2.24) is 4.90 Å². The number of hydrogen-bond acceptors (Lipinski definition) is 3. The van der Waals surface area contributed by atoms with Crippen molar-refractivity contribution < 1.29 is 28.6 Å². The maximum Gasteiger partial charge on any atom is 0.327 e. The summed E-state index contributed by atoms with van der Waals surface area (Å²) in [4.78, 5) is 23.8. The Morgan fingerprint density at radius 1 is 1.19 bits per heavy atom. The first-order valence-electron chi connectivity index (χ1n) is 11.5. The molecular formula is C25H35F2NO4. The van der Waals surface area contributed by atoms with Crippen molar-refractivity contribution in [2.75, 3.05) is 6.54 Å². The normalized spacial score (nSPS) is 20.1. The van der Waals surface area contributed by atoms with Crippen molar-refractivity contribution in [3.05, 3.63) is 48.0 Å². The number of nitrogens with zero attached hydrogens (tertiary/aromatic N) is 1. The van der Waals surface area contributed by atoms with Gasteiger partial charge >= 0.3 is 11.9 Å². The number of carboxylic acid groups (broad SMARTS) is 1. The Balaban J connectivity index is 1.81. The molecule has 0 unspecified atom stereocenters. The van der Waals surface area contributed by atoms with Crippen LogP contribution in [0.25, 0.3) is 0 Å². The average molecular weight is 452 g/mol. The number of carboxylic acids is 1. The summed E-state index contributed by atoms with van der Waals surface area (Å²) in [5, 5.41) is 19.1. The summed E-state index contributed by atoms with van der Waals surface area (Å²) < 4.78 is 28.0. The predicted octanol–water partition coefficient (Wildman–Crippen LogP) is 4.83. The Bertz CT molecular complexity index is 754. The Hall–Kier alpha value is -2.28. The lowest BCUT2D eigenvalue weighted by Gasteiger charge is -2.22. The molecule has 1 aromatic rings. The standard InChI is InChI=1S/C25H35F2NO4/c1-19(10-9-13-20-11-5-4-6-12-20)22(29)16-15-21-18-25(26,27)24(32)28(21)17-8-3-2-7-14-23(30)31/h4-6,11-12,15-16,19,21-22,29H,2-3,7-10,13-14,17-18H2,1H3,(H,30,31)/t19-,21-,22-/m0/s1. The van der Waals surface area contributed by atoms with Crippen LogP contribution in [0.5, 0.6) is 0 Å². The zero-order valence-corrected chi connectivity index (χ0v) is 18.8. The fourth-order valence-corrected chi connectivity index (χ4v) is 4.05. The minimum Gasteiger partial charge on any atom is -0.481 e. The number of halogens is 2. The van der Waals surface area contributed by atoms with Crippen LogP contribution in [0.2, 0.25) is 0 Å². The van der Waals surface area contributed by atoms with E-state index in [9.17, 15) is 23.5 Å². The van der Waals surface area contributed by atoms with Gasteiger partial charge in [0.25, 0.3) is 5.91 Å². The summed E-state index contributed by atoms with van der Waals surface area (Å²) in [6, 6.07) is 9.37. The summed E-state index contributed by atoms with van der Waals surface area (Å²) in [6.07, 6.45) is 6.95. The van der Waals surface area contributed by atoms with Crippen LogP contribution in [-0.4, -0.2) is 51.6 Å². The highest BCUT2D eigenvalue weighted by molar-refractivity contribution is 5.86. The van der Waals surface area contributed by atoms with Crippen molar-refractivity contribution in [1.29, 1.82) is 0 Å².